The summed E-state index contributed by atoms with van der Waals surface area (Å²) in [7, 11) is 0. The van der Waals surface area contributed by atoms with Gasteiger partial charge in [0.25, 0.3) is 0 Å². The van der Waals surface area contributed by atoms with E-state index in [0.29, 0.717) is 0 Å². The van der Waals surface area contributed by atoms with Crippen molar-refractivity contribution in [2.45, 2.75) is 25.5 Å². The second-order valence-electron chi connectivity index (χ2n) is 4.08. The van der Waals surface area contributed by atoms with Crippen LogP contribution in [0.4, 0.5) is 0 Å². The number of aliphatic hydroxyl groups excluding tert-OH is 1. The number of aryl methyl sites for hydroxylation is 1. The summed E-state index contributed by atoms with van der Waals surface area (Å²) in [4.78, 5) is 0. The average molecular weight is 266 g/mol. The van der Waals surface area contributed by atoms with Gasteiger partial charge in [-0.1, -0.05) is 22.0 Å². The summed E-state index contributed by atoms with van der Waals surface area (Å²) in [6, 6.07) is 8.36. The normalized spacial score (nSPS) is 20.5. The first-order valence-corrected chi connectivity index (χ1v) is 6.02. The third-order valence-electron chi connectivity index (χ3n) is 3.10. The maximum absolute atomic E-state index is 9.90. The number of fused-ring (bicyclic) bond motifs is 3. The van der Waals surface area contributed by atoms with Crippen LogP contribution in [0.25, 0.3) is 10.9 Å². The standard InChI is InChI=1S/C12H12BrNO/c13-9-4-3-8-6-11-12(15)2-1-5-14(11)10(8)7-9/h3-4,6-7,12,15H,1-2,5H2. The predicted molar refractivity (Wildman–Crippen MR) is 63.8 cm³/mol. The summed E-state index contributed by atoms with van der Waals surface area (Å²) in [6.07, 6.45) is 1.66. The van der Waals surface area contributed by atoms with E-state index in [4.69, 9.17) is 0 Å². The second-order valence-corrected chi connectivity index (χ2v) is 5.00. The van der Waals surface area contributed by atoms with Crippen molar-refractivity contribution in [3.8, 4) is 0 Å². The fourth-order valence-corrected chi connectivity index (χ4v) is 2.71. The predicted octanol–water partition coefficient (Wildman–Crippen LogP) is 3.23. The molecule has 1 atom stereocenters. The largest absolute Gasteiger partial charge is 0.387 e. The number of rotatable bonds is 0. The number of benzene rings is 1. The van der Waals surface area contributed by atoms with Gasteiger partial charge in [0.05, 0.1) is 6.10 Å². The number of halogens is 1. The molecule has 0 saturated carbocycles. The van der Waals surface area contributed by atoms with Gasteiger partial charge in [-0.05, 0) is 31.0 Å². The molecule has 0 aliphatic carbocycles. The molecule has 2 heterocycles. The molecule has 1 aromatic heterocycles. The van der Waals surface area contributed by atoms with Gasteiger partial charge in [-0.2, -0.15) is 0 Å². The van der Waals surface area contributed by atoms with Crippen molar-refractivity contribution in [1.29, 1.82) is 0 Å². The third-order valence-corrected chi connectivity index (χ3v) is 3.59. The van der Waals surface area contributed by atoms with Crippen molar-refractivity contribution in [3.05, 3.63) is 34.4 Å². The highest BCUT2D eigenvalue weighted by Gasteiger charge is 2.20. The topological polar surface area (TPSA) is 25.2 Å². The second kappa shape index (κ2) is 3.35. The minimum Gasteiger partial charge on any atom is -0.387 e. The summed E-state index contributed by atoms with van der Waals surface area (Å²) in [5.74, 6) is 0. The lowest BCUT2D eigenvalue weighted by atomic mass is 10.1. The Hall–Kier alpha value is -0.800. The third kappa shape index (κ3) is 1.42. The molecule has 2 nitrogen and oxygen atoms in total. The first-order valence-electron chi connectivity index (χ1n) is 5.22. The molecular weight excluding hydrogens is 254 g/mol. The number of aliphatic hydroxyl groups is 1. The minimum atomic E-state index is -0.287. The number of hydrogen-bond acceptors (Lipinski definition) is 1. The van der Waals surface area contributed by atoms with E-state index in [9.17, 15) is 5.11 Å². The first kappa shape index (κ1) is 9.43. The number of nitrogens with zero attached hydrogens (tertiary/aromatic N) is 1. The van der Waals surface area contributed by atoms with E-state index in [2.05, 4.69) is 38.7 Å². The highest BCUT2D eigenvalue weighted by molar-refractivity contribution is 9.10. The van der Waals surface area contributed by atoms with Gasteiger partial charge in [0.1, 0.15) is 0 Å². The van der Waals surface area contributed by atoms with Gasteiger partial charge >= 0.3 is 0 Å². The summed E-state index contributed by atoms with van der Waals surface area (Å²) in [6.45, 7) is 1.02. The van der Waals surface area contributed by atoms with Gasteiger partial charge in [0.2, 0.25) is 0 Å². The van der Waals surface area contributed by atoms with Gasteiger partial charge in [0, 0.05) is 27.6 Å². The zero-order chi connectivity index (χ0) is 10.4. The zero-order valence-corrected chi connectivity index (χ0v) is 9.87. The Morgan fingerprint density at radius 1 is 1.33 bits per heavy atom. The molecule has 0 radical (unpaired) electrons. The quantitative estimate of drug-likeness (QED) is 0.778. The number of aromatic nitrogens is 1. The van der Waals surface area contributed by atoms with Gasteiger partial charge < -0.3 is 9.67 Å². The van der Waals surface area contributed by atoms with E-state index in [1.807, 2.05) is 6.07 Å². The van der Waals surface area contributed by atoms with Crippen LogP contribution in [-0.2, 0) is 6.54 Å². The zero-order valence-electron chi connectivity index (χ0n) is 8.28. The van der Waals surface area contributed by atoms with Crippen LogP contribution in [0, 0.1) is 0 Å². The first-order chi connectivity index (χ1) is 7.25. The molecule has 0 bridgehead atoms. The van der Waals surface area contributed by atoms with Crippen molar-refractivity contribution in [3.63, 3.8) is 0 Å². The van der Waals surface area contributed by atoms with E-state index in [1.165, 1.54) is 10.9 Å². The van der Waals surface area contributed by atoms with Gasteiger partial charge in [-0.15, -0.1) is 0 Å². The van der Waals surface area contributed by atoms with Gasteiger partial charge in [-0.3, -0.25) is 0 Å². The van der Waals surface area contributed by atoms with Crippen LogP contribution in [0.1, 0.15) is 24.6 Å². The molecule has 78 valence electrons. The Balaban J connectivity index is 2.31. The molecule has 3 heteroatoms. The van der Waals surface area contributed by atoms with Crippen LogP contribution in [-0.4, -0.2) is 9.67 Å². The van der Waals surface area contributed by atoms with Crippen LogP contribution < -0.4 is 0 Å². The van der Waals surface area contributed by atoms with E-state index in [1.54, 1.807) is 0 Å². The van der Waals surface area contributed by atoms with Gasteiger partial charge in [-0.25, -0.2) is 0 Å². The highest BCUT2D eigenvalue weighted by Crippen LogP contribution is 2.32. The summed E-state index contributed by atoms with van der Waals surface area (Å²) in [5.41, 5.74) is 2.28. The molecule has 1 aromatic carbocycles. The maximum Gasteiger partial charge on any atom is 0.0940 e. The fraction of sp³-hybridized carbons (Fsp3) is 0.333. The molecule has 1 aliphatic rings. The Labute approximate surface area is 96.6 Å². The van der Waals surface area contributed by atoms with E-state index in [0.717, 1.165) is 29.6 Å². The summed E-state index contributed by atoms with van der Waals surface area (Å²) < 4.78 is 3.32. The minimum absolute atomic E-state index is 0.287. The molecule has 1 N–H and O–H groups in total. The average Bonchev–Trinajstić information content (AvgIpc) is 2.58. The molecule has 1 unspecified atom stereocenters. The monoisotopic (exact) mass is 265 g/mol. The fourth-order valence-electron chi connectivity index (χ4n) is 2.37. The molecule has 15 heavy (non-hydrogen) atoms. The summed E-state index contributed by atoms with van der Waals surface area (Å²) >= 11 is 3.48. The van der Waals surface area contributed by atoms with Crippen LogP contribution in [0.3, 0.4) is 0 Å². The smallest absolute Gasteiger partial charge is 0.0940 e. The van der Waals surface area contributed by atoms with Crippen molar-refractivity contribution in [2.24, 2.45) is 0 Å². The maximum atomic E-state index is 9.90. The number of hydrogen-bond donors (Lipinski definition) is 1. The molecule has 0 fully saturated rings. The summed E-state index contributed by atoms with van der Waals surface area (Å²) in [5, 5.41) is 11.1. The molecule has 0 spiro atoms. The van der Waals surface area contributed by atoms with Crippen LogP contribution in [0.5, 0.6) is 0 Å². The SMILES string of the molecule is OC1CCCn2c1cc1ccc(Br)cc12. The lowest BCUT2D eigenvalue weighted by molar-refractivity contribution is 0.140. The highest BCUT2D eigenvalue weighted by atomic mass is 79.9. The molecule has 3 rings (SSSR count). The van der Waals surface area contributed by atoms with E-state index < -0.39 is 0 Å². The molecule has 0 amide bonds. The van der Waals surface area contributed by atoms with Crippen molar-refractivity contribution in [2.75, 3.05) is 0 Å². The lowest BCUT2D eigenvalue weighted by Gasteiger charge is -2.21. The molecule has 2 aromatic rings. The van der Waals surface area contributed by atoms with Crippen molar-refractivity contribution >= 4 is 26.8 Å². The van der Waals surface area contributed by atoms with Crippen LogP contribution in [0.2, 0.25) is 0 Å². The van der Waals surface area contributed by atoms with E-state index >= 15 is 0 Å². The Morgan fingerprint density at radius 2 is 2.20 bits per heavy atom. The molecule has 0 saturated heterocycles. The van der Waals surface area contributed by atoms with Crippen molar-refractivity contribution in [1.82, 2.24) is 4.57 Å². The van der Waals surface area contributed by atoms with Gasteiger partial charge in [0.15, 0.2) is 0 Å². The molecular formula is C12H12BrNO. The Morgan fingerprint density at radius 3 is 3.07 bits per heavy atom. The van der Waals surface area contributed by atoms with Crippen LogP contribution in [0.15, 0.2) is 28.7 Å². The lowest BCUT2D eigenvalue weighted by Crippen LogP contribution is -2.14. The molecule has 1 aliphatic heterocycles. The Bertz CT molecular complexity index is 518. The van der Waals surface area contributed by atoms with Crippen LogP contribution >= 0.6 is 15.9 Å². The van der Waals surface area contributed by atoms with E-state index in [-0.39, 0.29) is 6.10 Å². The Kier molecular flexibility index (Phi) is 2.11. The van der Waals surface area contributed by atoms with Crippen molar-refractivity contribution < 1.29 is 5.11 Å².